The van der Waals surface area contributed by atoms with Crippen LogP contribution in [0, 0.1) is 0 Å². The highest BCUT2D eigenvalue weighted by atomic mass is 32.2. The van der Waals surface area contributed by atoms with E-state index in [0.717, 1.165) is 0 Å². The van der Waals surface area contributed by atoms with Gasteiger partial charge in [0.25, 0.3) is 0 Å². The van der Waals surface area contributed by atoms with E-state index in [1.807, 2.05) is 6.92 Å². The van der Waals surface area contributed by atoms with Crippen molar-refractivity contribution in [1.82, 2.24) is 15.1 Å². The van der Waals surface area contributed by atoms with Crippen LogP contribution in [0.25, 0.3) is 0 Å². The Morgan fingerprint density at radius 1 is 1.42 bits per heavy atom. The van der Waals surface area contributed by atoms with E-state index in [9.17, 15) is 14.4 Å². The molecule has 2 atom stereocenters. The summed E-state index contributed by atoms with van der Waals surface area (Å²) in [7, 11) is 0. The van der Waals surface area contributed by atoms with Crippen molar-refractivity contribution in [1.29, 1.82) is 0 Å². The molecule has 0 radical (unpaired) electrons. The molecular weight excluding hydrogens is 270 g/mol. The second-order valence-corrected chi connectivity index (χ2v) is 5.91. The SMILES string of the molecule is CC1SCC(C(=O)O)N1C(=O)N1CCNC(=O)CC1. The quantitative estimate of drug-likeness (QED) is 0.695. The van der Waals surface area contributed by atoms with E-state index in [2.05, 4.69) is 5.32 Å². The standard InChI is InChI=1S/C11H17N3O4S/c1-7-14(8(6-19-7)10(16)17)11(18)13-4-2-9(15)12-3-5-13/h7-8H,2-6H2,1H3,(H,12,15)(H,16,17). The second kappa shape index (κ2) is 5.68. The highest BCUT2D eigenvalue weighted by molar-refractivity contribution is 8.00. The minimum absolute atomic E-state index is 0.0751. The number of urea groups is 1. The summed E-state index contributed by atoms with van der Waals surface area (Å²) in [6, 6.07) is -1.07. The molecule has 2 fully saturated rings. The minimum atomic E-state index is -0.978. The maximum absolute atomic E-state index is 12.4. The van der Waals surface area contributed by atoms with Crippen molar-refractivity contribution < 1.29 is 19.5 Å². The Bertz CT molecular complexity index is 403. The average Bonchev–Trinajstić information content (AvgIpc) is 2.61. The molecule has 2 heterocycles. The third kappa shape index (κ3) is 2.94. The zero-order chi connectivity index (χ0) is 14.0. The van der Waals surface area contributed by atoms with Gasteiger partial charge >= 0.3 is 12.0 Å². The summed E-state index contributed by atoms with van der Waals surface area (Å²) in [6.07, 6.45) is 0.263. The van der Waals surface area contributed by atoms with Gasteiger partial charge in [-0.1, -0.05) is 0 Å². The van der Waals surface area contributed by atoms with Crippen LogP contribution in [0.1, 0.15) is 13.3 Å². The molecule has 2 N–H and O–H groups in total. The summed E-state index contributed by atoms with van der Waals surface area (Å²) < 4.78 is 0. The first-order valence-electron chi connectivity index (χ1n) is 6.19. The molecule has 0 aliphatic carbocycles. The fraction of sp³-hybridized carbons (Fsp3) is 0.727. The molecule has 0 spiro atoms. The lowest BCUT2D eigenvalue weighted by Gasteiger charge is -2.31. The number of nitrogens with one attached hydrogen (secondary N) is 1. The highest BCUT2D eigenvalue weighted by Crippen LogP contribution is 2.29. The number of carboxylic acid groups (broad SMARTS) is 1. The average molecular weight is 287 g/mol. The summed E-state index contributed by atoms with van der Waals surface area (Å²) in [5.74, 6) is -0.643. The number of rotatable bonds is 1. The number of carbonyl (C=O) groups is 3. The van der Waals surface area contributed by atoms with E-state index in [-0.39, 0.29) is 23.7 Å². The summed E-state index contributed by atoms with van der Waals surface area (Å²) >= 11 is 1.45. The van der Waals surface area contributed by atoms with Crippen LogP contribution in [0.5, 0.6) is 0 Å². The molecule has 7 nitrogen and oxygen atoms in total. The first-order chi connectivity index (χ1) is 9.00. The molecule has 0 aromatic rings. The summed E-state index contributed by atoms with van der Waals surface area (Å²) in [5.41, 5.74) is 0. The Morgan fingerprint density at radius 2 is 2.16 bits per heavy atom. The third-order valence-corrected chi connectivity index (χ3v) is 4.53. The van der Waals surface area contributed by atoms with E-state index in [1.54, 1.807) is 4.90 Å². The normalized spacial score (nSPS) is 27.9. The fourth-order valence-electron chi connectivity index (χ4n) is 2.25. The summed E-state index contributed by atoms with van der Waals surface area (Å²) in [6.45, 7) is 3.00. The van der Waals surface area contributed by atoms with Crippen molar-refractivity contribution in [2.75, 3.05) is 25.4 Å². The molecule has 106 valence electrons. The molecule has 2 unspecified atom stereocenters. The largest absolute Gasteiger partial charge is 0.480 e. The Hall–Kier alpha value is -1.44. The molecule has 0 bridgehead atoms. The van der Waals surface area contributed by atoms with Gasteiger partial charge in [0, 0.05) is 31.8 Å². The topological polar surface area (TPSA) is 89.9 Å². The van der Waals surface area contributed by atoms with Crippen LogP contribution in [0.4, 0.5) is 4.79 Å². The maximum Gasteiger partial charge on any atom is 0.327 e. The van der Waals surface area contributed by atoms with Crippen LogP contribution in [0.15, 0.2) is 0 Å². The highest BCUT2D eigenvalue weighted by Gasteiger charge is 2.41. The van der Waals surface area contributed by atoms with Crippen LogP contribution >= 0.6 is 11.8 Å². The van der Waals surface area contributed by atoms with Gasteiger partial charge in [-0.25, -0.2) is 9.59 Å². The van der Waals surface area contributed by atoms with E-state index >= 15 is 0 Å². The van der Waals surface area contributed by atoms with Gasteiger partial charge in [-0.05, 0) is 6.92 Å². The Labute approximate surface area is 115 Å². The summed E-state index contributed by atoms with van der Waals surface area (Å²) in [5, 5.41) is 11.7. The van der Waals surface area contributed by atoms with Crippen LogP contribution < -0.4 is 5.32 Å². The molecule has 8 heteroatoms. The Kier molecular flexibility index (Phi) is 4.18. The van der Waals surface area contributed by atoms with Crippen LogP contribution in [0.3, 0.4) is 0 Å². The van der Waals surface area contributed by atoms with Crippen LogP contribution in [-0.2, 0) is 9.59 Å². The van der Waals surface area contributed by atoms with Crippen molar-refractivity contribution >= 4 is 29.7 Å². The maximum atomic E-state index is 12.4. The molecule has 0 aromatic carbocycles. The molecular formula is C11H17N3O4S. The van der Waals surface area contributed by atoms with Gasteiger partial charge < -0.3 is 15.3 Å². The number of carbonyl (C=O) groups excluding carboxylic acids is 2. The van der Waals surface area contributed by atoms with Gasteiger partial charge in [-0.2, -0.15) is 0 Å². The third-order valence-electron chi connectivity index (χ3n) is 3.31. The zero-order valence-electron chi connectivity index (χ0n) is 10.7. The van der Waals surface area contributed by atoms with Gasteiger partial charge in [0.1, 0.15) is 6.04 Å². The lowest BCUT2D eigenvalue weighted by Crippen LogP contribution is -2.51. The smallest absolute Gasteiger partial charge is 0.327 e. The van der Waals surface area contributed by atoms with Gasteiger partial charge in [0.2, 0.25) is 5.91 Å². The van der Waals surface area contributed by atoms with Gasteiger partial charge in [0.15, 0.2) is 0 Å². The lowest BCUT2D eigenvalue weighted by molar-refractivity contribution is -0.141. The molecule has 2 aliphatic heterocycles. The molecule has 2 rings (SSSR count). The molecule has 2 aliphatic rings. The van der Waals surface area contributed by atoms with Crippen molar-refractivity contribution in [2.45, 2.75) is 24.8 Å². The van der Waals surface area contributed by atoms with Crippen LogP contribution in [0.2, 0.25) is 0 Å². The van der Waals surface area contributed by atoms with Crippen molar-refractivity contribution in [3.63, 3.8) is 0 Å². The number of hydrogen-bond acceptors (Lipinski definition) is 4. The van der Waals surface area contributed by atoms with E-state index in [1.165, 1.54) is 16.7 Å². The lowest BCUT2D eigenvalue weighted by atomic mass is 10.3. The number of carboxylic acids is 1. The first kappa shape index (κ1) is 14.0. The fourth-order valence-corrected chi connectivity index (χ4v) is 3.41. The van der Waals surface area contributed by atoms with Crippen LogP contribution in [-0.4, -0.2) is 69.6 Å². The number of thioether (sulfide) groups is 1. The minimum Gasteiger partial charge on any atom is -0.480 e. The monoisotopic (exact) mass is 287 g/mol. The van der Waals surface area contributed by atoms with E-state index in [4.69, 9.17) is 5.11 Å². The van der Waals surface area contributed by atoms with Crippen molar-refractivity contribution in [2.24, 2.45) is 0 Å². The molecule has 19 heavy (non-hydrogen) atoms. The van der Waals surface area contributed by atoms with Crippen molar-refractivity contribution in [3.05, 3.63) is 0 Å². The number of hydrogen-bond donors (Lipinski definition) is 2. The predicted octanol–water partition coefficient (Wildman–Crippen LogP) is -0.224. The predicted molar refractivity (Wildman–Crippen MR) is 69.8 cm³/mol. The second-order valence-electron chi connectivity index (χ2n) is 4.56. The number of nitrogens with zero attached hydrogens (tertiary/aromatic N) is 2. The number of aliphatic carboxylic acids is 1. The van der Waals surface area contributed by atoms with Crippen molar-refractivity contribution in [3.8, 4) is 0 Å². The van der Waals surface area contributed by atoms with E-state index < -0.39 is 12.0 Å². The Balaban J connectivity index is 2.08. The van der Waals surface area contributed by atoms with Gasteiger partial charge in [-0.15, -0.1) is 11.8 Å². The molecule has 0 saturated carbocycles. The summed E-state index contributed by atoms with van der Waals surface area (Å²) in [4.78, 5) is 37.8. The zero-order valence-corrected chi connectivity index (χ0v) is 11.5. The Morgan fingerprint density at radius 3 is 2.84 bits per heavy atom. The molecule has 2 saturated heterocycles. The van der Waals surface area contributed by atoms with Gasteiger partial charge in [0.05, 0.1) is 5.37 Å². The first-order valence-corrected chi connectivity index (χ1v) is 7.24. The van der Waals surface area contributed by atoms with E-state index in [0.29, 0.717) is 25.4 Å². The number of amides is 3. The molecule has 3 amide bonds. The van der Waals surface area contributed by atoms with Gasteiger partial charge in [-0.3, -0.25) is 9.69 Å². The molecule has 0 aromatic heterocycles.